The Labute approximate surface area is 99.5 Å². The Kier molecular flexibility index (Phi) is 5.47. The van der Waals surface area contributed by atoms with Crippen LogP contribution in [0, 0.1) is 12.8 Å². The molecule has 0 aliphatic heterocycles. The van der Waals surface area contributed by atoms with E-state index in [1.54, 1.807) is 0 Å². The van der Waals surface area contributed by atoms with Crippen LogP contribution >= 0.6 is 0 Å². The predicted octanol–water partition coefficient (Wildman–Crippen LogP) is 3.48. The molecule has 2 heteroatoms. The standard InChI is InChI=1S/C14H24N2/c1-5-8-16-14(12(4)6-2)13-10-11(3)7-9-15-13/h7,9-10,12,14,16H,5-6,8H2,1-4H3. The van der Waals surface area contributed by atoms with E-state index in [-0.39, 0.29) is 0 Å². The number of nitrogens with one attached hydrogen (secondary N) is 1. The molecular weight excluding hydrogens is 196 g/mol. The van der Waals surface area contributed by atoms with E-state index >= 15 is 0 Å². The fourth-order valence-electron chi connectivity index (χ4n) is 1.86. The molecule has 2 nitrogen and oxygen atoms in total. The Hall–Kier alpha value is -0.890. The van der Waals surface area contributed by atoms with Gasteiger partial charge in [-0.3, -0.25) is 4.98 Å². The maximum Gasteiger partial charge on any atom is 0.0578 e. The first-order valence-electron chi connectivity index (χ1n) is 6.35. The summed E-state index contributed by atoms with van der Waals surface area (Å²) < 4.78 is 0. The summed E-state index contributed by atoms with van der Waals surface area (Å²) >= 11 is 0. The molecule has 0 spiro atoms. The molecule has 2 atom stereocenters. The Balaban J connectivity index is 2.82. The van der Waals surface area contributed by atoms with Crippen LogP contribution in [0.15, 0.2) is 18.3 Å². The van der Waals surface area contributed by atoms with Crippen LogP contribution in [0.1, 0.15) is 50.9 Å². The zero-order valence-corrected chi connectivity index (χ0v) is 11.0. The summed E-state index contributed by atoms with van der Waals surface area (Å²) in [5, 5.41) is 3.60. The zero-order chi connectivity index (χ0) is 12.0. The quantitative estimate of drug-likeness (QED) is 0.794. The highest BCUT2D eigenvalue weighted by molar-refractivity contribution is 5.17. The molecule has 0 fully saturated rings. The van der Waals surface area contributed by atoms with Gasteiger partial charge in [-0.05, 0) is 43.5 Å². The molecule has 1 aromatic heterocycles. The lowest BCUT2D eigenvalue weighted by Crippen LogP contribution is -2.28. The van der Waals surface area contributed by atoms with Gasteiger partial charge >= 0.3 is 0 Å². The van der Waals surface area contributed by atoms with E-state index in [2.05, 4.69) is 50.1 Å². The molecule has 16 heavy (non-hydrogen) atoms. The van der Waals surface area contributed by atoms with Gasteiger partial charge < -0.3 is 5.32 Å². The first-order chi connectivity index (χ1) is 7.69. The molecule has 0 radical (unpaired) electrons. The van der Waals surface area contributed by atoms with E-state index < -0.39 is 0 Å². The first-order valence-corrected chi connectivity index (χ1v) is 6.35. The highest BCUT2D eigenvalue weighted by atomic mass is 14.9. The molecule has 1 heterocycles. The zero-order valence-electron chi connectivity index (χ0n) is 11.0. The Morgan fingerprint density at radius 1 is 1.38 bits per heavy atom. The molecule has 0 aromatic carbocycles. The number of hydrogen-bond donors (Lipinski definition) is 1. The lowest BCUT2D eigenvalue weighted by Gasteiger charge is -2.24. The van der Waals surface area contributed by atoms with Crippen LogP contribution in [0.3, 0.4) is 0 Å². The van der Waals surface area contributed by atoms with Crippen LogP contribution in [0.4, 0.5) is 0 Å². The third-order valence-corrected chi connectivity index (χ3v) is 3.08. The van der Waals surface area contributed by atoms with Crippen molar-refractivity contribution >= 4 is 0 Å². The topological polar surface area (TPSA) is 24.9 Å². The van der Waals surface area contributed by atoms with Crippen LogP contribution < -0.4 is 5.32 Å². The van der Waals surface area contributed by atoms with Gasteiger partial charge in [-0.25, -0.2) is 0 Å². The summed E-state index contributed by atoms with van der Waals surface area (Å²) in [6.07, 6.45) is 4.25. The highest BCUT2D eigenvalue weighted by Crippen LogP contribution is 2.23. The fraction of sp³-hybridized carbons (Fsp3) is 0.643. The fourth-order valence-corrected chi connectivity index (χ4v) is 1.86. The van der Waals surface area contributed by atoms with Crippen molar-refractivity contribution in [3.8, 4) is 0 Å². The summed E-state index contributed by atoms with van der Waals surface area (Å²) in [5.41, 5.74) is 2.47. The average molecular weight is 220 g/mol. The predicted molar refractivity (Wildman–Crippen MR) is 69.5 cm³/mol. The Morgan fingerprint density at radius 3 is 2.69 bits per heavy atom. The molecule has 1 N–H and O–H groups in total. The molecule has 0 aliphatic rings. The molecular formula is C14H24N2. The van der Waals surface area contributed by atoms with Crippen molar-refractivity contribution in [3.05, 3.63) is 29.6 Å². The number of rotatable bonds is 6. The van der Waals surface area contributed by atoms with Crippen molar-refractivity contribution in [2.24, 2.45) is 5.92 Å². The Bertz CT molecular complexity index is 309. The van der Waals surface area contributed by atoms with Gasteiger partial charge in [-0.1, -0.05) is 27.2 Å². The van der Waals surface area contributed by atoms with Crippen LogP contribution in [-0.4, -0.2) is 11.5 Å². The van der Waals surface area contributed by atoms with E-state index in [0.717, 1.165) is 6.54 Å². The van der Waals surface area contributed by atoms with Gasteiger partial charge in [0.25, 0.3) is 0 Å². The Morgan fingerprint density at radius 2 is 2.12 bits per heavy atom. The monoisotopic (exact) mass is 220 g/mol. The van der Waals surface area contributed by atoms with E-state index in [0.29, 0.717) is 12.0 Å². The maximum absolute atomic E-state index is 4.50. The van der Waals surface area contributed by atoms with Crippen LogP contribution in [0.5, 0.6) is 0 Å². The smallest absolute Gasteiger partial charge is 0.0578 e. The average Bonchev–Trinajstić information content (AvgIpc) is 2.29. The molecule has 0 saturated heterocycles. The van der Waals surface area contributed by atoms with Crippen molar-refractivity contribution in [1.29, 1.82) is 0 Å². The number of aromatic nitrogens is 1. The minimum absolute atomic E-state index is 0.393. The molecule has 90 valence electrons. The van der Waals surface area contributed by atoms with Gasteiger partial charge in [0.15, 0.2) is 0 Å². The molecule has 2 unspecified atom stereocenters. The van der Waals surface area contributed by atoms with Gasteiger partial charge in [0.2, 0.25) is 0 Å². The summed E-state index contributed by atoms with van der Waals surface area (Å²) in [4.78, 5) is 4.50. The second kappa shape index (κ2) is 6.64. The normalized spacial score (nSPS) is 14.8. The third-order valence-electron chi connectivity index (χ3n) is 3.08. The molecule has 1 aromatic rings. The van der Waals surface area contributed by atoms with Crippen molar-refractivity contribution < 1.29 is 0 Å². The van der Waals surface area contributed by atoms with Crippen molar-refractivity contribution in [1.82, 2.24) is 10.3 Å². The lowest BCUT2D eigenvalue weighted by molar-refractivity contribution is 0.370. The minimum Gasteiger partial charge on any atom is -0.308 e. The van der Waals surface area contributed by atoms with E-state index in [1.165, 1.54) is 24.1 Å². The second-order valence-corrected chi connectivity index (χ2v) is 4.58. The molecule has 0 bridgehead atoms. The van der Waals surface area contributed by atoms with Crippen molar-refractivity contribution in [2.75, 3.05) is 6.54 Å². The number of aryl methyl sites for hydroxylation is 1. The third kappa shape index (κ3) is 3.60. The molecule has 0 aliphatic carbocycles. The van der Waals surface area contributed by atoms with E-state index in [1.807, 2.05) is 6.20 Å². The van der Waals surface area contributed by atoms with Crippen molar-refractivity contribution in [3.63, 3.8) is 0 Å². The highest BCUT2D eigenvalue weighted by Gasteiger charge is 2.18. The molecule has 1 rings (SSSR count). The van der Waals surface area contributed by atoms with Crippen LogP contribution in [-0.2, 0) is 0 Å². The summed E-state index contributed by atoms with van der Waals surface area (Å²) in [6, 6.07) is 4.64. The largest absolute Gasteiger partial charge is 0.308 e. The number of pyridine rings is 1. The summed E-state index contributed by atoms with van der Waals surface area (Å²) in [7, 11) is 0. The lowest BCUT2D eigenvalue weighted by atomic mass is 9.95. The SMILES string of the molecule is CCCNC(c1cc(C)ccn1)C(C)CC. The van der Waals surface area contributed by atoms with Gasteiger partial charge in [0.05, 0.1) is 11.7 Å². The number of hydrogen-bond acceptors (Lipinski definition) is 2. The van der Waals surface area contributed by atoms with Gasteiger partial charge in [0.1, 0.15) is 0 Å². The summed E-state index contributed by atoms with van der Waals surface area (Å²) in [6.45, 7) is 9.91. The molecule has 0 saturated carbocycles. The minimum atomic E-state index is 0.393. The first kappa shape index (κ1) is 13.2. The summed E-state index contributed by atoms with van der Waals surface area (Å²) in [5.74, 6) is 0.626. The van der Waals surface area contributed by atoms with E-state index in [4.69, 9.17) is 0 Å². The molecule has 0 amide bonds. The van der Waals surface area contributed by atoms with Crippen molar-refractivity contribution in [2.45, 2.75) is 46.6 Å². The number of nitrogens with zero attached hydrogens (tertiary/aromatic N) is 1. The van der Waals surface area contributed by atoms with Gasteiger partial charge in [-0.2, -0.15) is 0 Å². The second-order valence-electron chi connectivity index (χ2n) is 4.58. The van der Waals surface area contributed by atoms with E-state index in [9.17, 15) is 0 Å². The maximum atomic E-state index is 4.50. The van der Waals surface area contributed by atoms with Crippen LogP contribution in [0.2, 0.25) is 0 Å². The van der Waals surface area contributed by atoms with Gasteiger partial charge in [0, 0.05) is 6.20 Å². The van der Waals surface area contributed by atoms with Gasteiger partial charge in [-0.15, -0.1) is 0 Å². The van der Waals surface area contributed by atoms with Crippen LogP contribution in [0.25, 0.3) is 0 Å².